The van der Waals surface area contributed by atoms with Gasteiger partial charge >= 0.3 is 0 Å². The summed E-state index contributed by atoms with van der Waals surface area (Å²) in [7, 11) is 0. The first kappa shape index (κ1) is 12.0. The third-order valence-electron chi connectivity index (χ3n) is 2.95. The molecule has 1 fully saturated rings. The molecule has 84 valence electrons. The number of hydrogen-bond acceptors (Lipinski definition) is 3. The van der Waals surface area contributed by atoms with Gasteiger partial charge in [-0.1, -0.05) is 6.92 Å². The minimum absolute atomic E-state index is 0.01000. The fourth-order valence-electron chi connectivity index (χ4n) is 1.53. The SMILES string of the molecule is CCC(C)(C#N)NC(=O)C1CCOCC1. The van der Waals surface area contributed by atoms with Crippen molar-refractivity contribution in [1.82, 2.24) is 5.32 Å². The minimum atomic E-state index is -0.727. The summed E-state index contributed by atoms with van der Waals surface area (Å²) < 4.78 is 5.19. The van der Waals surface area contributed by atoms with E-state index < -0.39 is 5.54 Å². The van der Waals surface area contributed by atoms with Crippen LogP contribution in [0.3, 0.4) is 0 Å². The monoisotopic (exact) mass is 210 g/mol. The average molecular weight is 210 g/mol. The molecule has 1 atom stereocenters. The molecule has 1 rings (SSSR count). The maximum atomic E-state index is 11.8. The highest BCUT2D eigenvalue weighted by atomic mass is 16.5. The Morgan fingerprint density at radius 2 is 2.20 bits per heavy atom. The van der Waals surface area contributed by atoms with E-state index in [-0.39, 0.29) is 11.8 Å². The third kappa shape index (κ3) is 3.21. The van der Waals surface area contributed by atoms with Crippen molar-refractivity contribution in [2.75, 3.05) is 13.2 Å². The maximum absolute atomic E-state index is 11.8. The first-order valence-corrected chi connectivity index (χ1v) is 5.42. The van der Waals surface area contributed by atoms with Gasteiger partial charge in [0, 0.05) is 19.1 Å². The lowest BCUT2D eigenvalue weighted by atomic mass is 9.95. The van der Waals surface area contributed by atoms with Crippen LogP contribution in [0.4, 0.5) is 0 Å². The first-order valence-electron chi connectivity index (χ1n) is 5.42. The Morgan fingerprint density at radius 1 is 1.60 bits per heavy atom. The van der Waals surface area contributed by atoms with Gasteiger partial charge in [-0.25, -0.2) is 0 Å². The number of amides is 1. The molecule has 0 bridgehead atoms. The summed E-state index contributed by atoms with van der Waals surface area (Å²) in [5.41, 5.74) is -0.727. The number of rotatable bonds is 3. The van der Waals surface area contributed by atoms with Crippen molar-refractivity contribution in [2.45, 2.75) is 38.6 Å². The van der Waals surface area contributed by atoms with Crippen molar-refractivity contribution >= 4 is 5.91 Å². The summed E-state index contributed by atoms with van der Waals surface area (Å²) in [6, 6.07) is 2.13. The summed E-state index contributed by atoms with van der Waals surface area (Å²) in [6.07, 6.45) is 2.15. The molecule has 1 aliphatic heterocycles. The van der Waals surface area contributed by atoms with Crippen molar-refractivity contribution in [3.8, 4) is 6.07 Å². The molecule has 0 aromatic rings. The molecule has 0 radical (unpaired) electrons. The van der Waals surface area contributed by atoms with E-state index in [0.717, 1.165) is 12.8 Å². The van der Waals surface area contributed by atoms with E-state index in [1.807, 2.05) is 6.92 Å². The summed E-state index contributed by atoms with van der Waals surface area (Å²) >= 11 is 0. The topological polar surface area (TPSA) is 62.1 Å². The molecule has 1 amide bonds. The van der Waals surface area contributed by atoms with Crippen LogP contribution in [-0.4, -0.2) is 24.7 Å². The highest BCUT2D eigenvalue weighted by Gasteiger charge is 2.28. The number of ether oxygens (including phenoxy) is 1. The van der Waals surface area contributed by atoms with Gasteiger partial charge in [0.15, 0.2) is 0 Å². The van der Waals surface area contributed by atoms with Crippen molar-refractivity contribution in [1.29, 1.82) is 5.26 Å². The van der Waals surface area contributed by atoms with Crippen molar-refractivity contribution < 1.29 is 9.53 Å². The zero-order valence-corrected chi connectivity index (χ0v) is 9.38. The van der Waals surface area contributed by atoms with Gasteiger partial charge in [0.1, 0.15) is 5.54 Å². The van der Waals surface area contributed by atoms with Crippen molar-refractivity contribution in [2.24, 2.45) is 5.92 Å². The summed E-state index contributed by atoms with van der Waals surface area (Å²) in [5.74, 6) is 0.00201. The fourth-order valence-corrected chi connectivity index (χ4v) is 1.53. The Labute approximate surface area is 90.6 Å². The zero-order chi connectivity index (χ0) is 11.3. The molecule has 0 aromatic heterocycles. The number of nitrogens with zero attached hydrogens (tertiary/aromatic N) is 1. The fraction of sp³-hybridized carbons (Fsp3) is 0.818. The molecule has 1 unspecified atom stereocenters. The van der Waals surface area contributed by atoms with Gasteiger partial charge in [0.05, 0.1) is 6.07 Å². The molecule has 1 N–H and O–H groups in total. The van der Waals surface area contributed by atoms with E-state index in [4.69, 9.17) is 10.00 Å². The summed E-state index contributed by atoms with van der Waals surface area (Å²) in [6.45, 7) is 4.94. The van der Waals surface area contributed by atoms with Crippen LogP contribution >= 0.6 is 0 Å². The molecule has 1 saturated heterocycles. The van der Waals surface area contributed by atoms with Crippen LogP contribution in [0.25, 0.3) is 0 Å². The maximum Gasteiger partial charge on any atom is 0.224 e. The van der Waals surface area contributed by atoms with Crippen LogP contribution in [0.15, 0.2) is 0 Å². The molecule has 4 nitrogen and oxygen atoms in total. The Kier molecular flexibility index (Phi) is 4.10. The van der Waals surface area contributed by atoms with E-state index >= 15 is 0 Å². The van der Waals surface area contributed by atoms with Crippen LogP contribution in [0.2, 0.25) is 0 Å². The first-order chi connectivity index (χ1) is 7.11. The van der Waals surface area contributed by atoms with Crippen LogP contribution in [0.5, 0.6) is 0 Å². The molecule has 15 heavy (non-hydrogen) atoms. The van der Waals surface area contributed by atoms with Gasteiger partial charge in [-0.2, -0.15) is 5.26 Å². The van der Waals surface area contributed by atoms with Crippen molar-refractivity contribution in [3.63, 3.8) is 0 Å². The van der Waals surface area contributed by atoms with Gasteiger partial charge in [-0.15, -0.1) is 0 Å². The van der Waals surface area contributed by atoms with Gasteiger partial charge in [0.25, 0.3) is 0 Å². The number of hydrogen-bond donors (Lipinski definition) is 1. The number of carbonyl (C=O) groups excluding carboxylic acids is 1. The second kappa shape index (κ2) is 5.13. The number of carbonyl (C=O) groups is 1. The summed E-state index contributed by atoms with van der Waals surface area (Å²) in [4.78, 5) is 11.8. The lowest BCUT2D eigenvalue weighted by Crippen LogP contribution is -2.47. The van der Waals surface area contributed by atoms with E-state index in [1.54, 1.807) is 6.92 Å². The number of nitriles is 1. The molecule has 1 aliphatic rings. The third-order valence-corrected chi connectivity index (χ3v) is 2.95. The largest absolute Gasteiger partial charge is 0.381 e. The molecule has 0 saturated carbocycles. The van der Waals surface area contributed by atoms with Gasteiger partial charge in [0.2, 0.25) is 5.91 Å². The van der Waals surface area contributed by atoms with Gasteiger partial charge in [-0.05, 0) is 26.2 Å². The summed E-state index contributed by atoms with van der Waals surface area (Å²) in [5, 5.41) is 11.7. The van der Waals surface area contributed by atoms with Gasteiger partial charge in [-0.3, -0.25) is 4.79 Å². The standard InChI is InChI=1S/C11H18N2O2/c1-3-11(2,8-12)13-10(14)9-4-6-15-7-5-9/h9H,3-7H2,1-2H3,(H,13,14). The van der Waals surface area contributed by atoms with Crippen LogP contribution < -0.4 is 5.32 Å². The molecule has 0 aromatic carbocycles. The van der Waals surface area contributed by atoms with Crippen molar-refractivity contribution in [3.05, 3.63) is 0 Å². The smallest absolute Gasteiger partial charge is 0.224 e. The molecule has 0 aliphatic carbocycles. The Balaban J connectivity index is 2.50. The van der Waals surface area contributed by atoms with Crippen LogP contribution in [-0.2, 0) is 9.53 Å². The van der Waals surface area contributed by atoms with E-state index in [2.05, 4.69) is 11.4 Å². The molecular weight excluding hydrogens is 192 g/mol. The quantitative estimate of drug-likeness (QED) is 0.761. The molecule has 0 spiro atoms. The Bertz CT molecular complexity index is 266. The Morgan fingerprint density at radius 3 is 2.67 bits per heavy atom. The number of nitrogens with one attached hydrogen (secondary N) is 1. The van der Waals surface area contributed by atoms with Gasteiger partial charge < -0.3 is 10.1 Å². The highest BCUT2D eigenvalue weighted by Crippen LogP contribution is 2.17. The second-order valence-electron chi connectivity index (χ2n) is 4.17. The second-order valence-corrected chi connectivity index (χ2v) is 4.17. The normalized spacial score (nSPS) is 21.4. The molecule has 4 heteroatoms. The predicted molar refractivity (Wildman–Crippen MR) is 56.0 cm³/mol. The Hall–Kier alpha value is -1.08. The highest BCUT2D eigenvalue weighted by molar-refractivity contribution is 5.79. The zero-order valence-electron chi connectivity index (χ0n) is 9.38. The molecule has 1 heterocycles. The minimum Gasteiger partial charge on any atom is -0.381 e. The van der Waals surface area contributed by atoms with E-state index in [0.29, 0.717) is 19.6 Å². The van der Waals surface area contributed by atoms with E-state index in [1.165, 1.54) is 0 Å². The molecular formula is C11H18N2O2. The lowest BCUT2D eigenvalue weighted by molar-refractivity contribution is -0.129. The predicted octanol–water partition coefficient (Wildman–Crippen LogP) is 1.22. The lowest BCUT2D eigenvalue weighted by Gasteiger charge is -2.27. The van der Waals surface area contributed by atoms with Crippen LogP contribution in [0.1, 0.15) is 33.1 Å². The van der Waals surface area contributed by atoms with Crippen LogP contribution in [0, 0.1) is 17.2 Å². The van der Waals surface area contributed by atoms with E-state index in [9.17, 15) is 4.79 Å². The average Bonchev–Trinajstić information content (AvgIpc) is 2.30.